The molecule has 0 saturated carbocycles. The van der Waals surface area contributed by atoms with E-state index in [0.29, 0.717) is 11.9 Å². The molecule has 1 fully saturated rings. The highest BCUT2D eigenvalue weighted by Crippen LogP contribution is 2.20. The molecule has 1 amide bonds. The molecule has 5 heteroatoms. The molecular formula is C13H22N4O. The van der Waals surface area contributed by atoms with Gasteiger partial charge in [0, 0.05) is 18.0 Å². The maximum atomic E-state index is 12.3. The lowest BCUT2D eigenvalue weighted by atomic mass is 9.96. The Morgan fingerprint density at radius 1 is 1.39 bits per heavy atom. The van der Waals surface area contributed by atoms with Crippen molar-refractivity contribution in [3.8, 4) is 0 Å². The molecule has 0 aromatic carbocycles. The van der Waals surface area contributed by atoms with Crippen LogP contribution in [0.2, 0.25) is 0 Å². The fourth-order valence-corrected chi connectivity index (χ4v) is 2.22. The summed E-state index contributed by atoms with van der Waals surface area (Å²) in [5.41, 5.74) is -0.112. The van der Waals surface area contributed by atoms with Gasteiger partial charge in [0.15, 0.2) is 0 Å². The highest BCUT2D eigenvalue weighted by molar-refractivity contribution is 5.90. The number of hydrogen-bond acceptors (Lipinski definition) is 3. The molecule has 2 heterocycles. The Balaban J connectivity index is 2.16. The Kier molecular flexibility index (Phi) is 3.41. The molecule has 1 unspecified atom stereocenters. The maximum absolute atomic E-state index is 12.3. The number of likely N-dealkylation sites (tertiary alicyclic amines) is 1. The number of rotatable bonds is 1. The van der Waals surface area contributed by atoms with Gasteiger partial charge in [0.25, 0.3) is 5.91 Å². The first kappa shape index (κ1) is 13.1. The van der Waals surface area contributed by atoms with E-state index in [1.54, 1.807) is 0 Å². The summed E-state index contributed by atoms with van der Waals surface area (Å²) in [4.78, 5) is 18.6. The zero-order chi connectivity index (χ0) is 13.3. The van der Waals surface area contributed by atoms with Crippen LogP contribution in [0.1, 0.15) is 63.4 Å². The minimum atomic E-state index is -0.112. The summed E-state index contributed by atoms with van der Waals surface area (Å²) < 4.78 is 0. The molecule has 18 heavy (non-hydrogen) atoms. The molecule has 1 aromatic heterocycles. The van der Waals surface area contributed by atoms with Gasteiger partial charge in [-0.05, 0) is 26.2 Å². The summed E-state index contributed by atoms with van der Waals surface area (Å²) in [5.74, 6) is 1.01. The average molecular weight is 250 g/mol. The molecule has 0 radical (unpaired) electrons. The second-order valence-corrected chi connectivity index (χ2v) is 6.10. The minimum absolute atomic E-state index is 0.0473. The Bertz CT molecular complexity index is 432. The predicted molar refractivity (Wildman–Crippen MR) is 69.4 cm³/mol. The number of carbonyl (C=O) groups excluding carboxylic acids is 1. The third kappa shape index (κ3) is 2.54. The van der Waals surface area contributed by atoms with Crippen molar-refractivity contribution in [1.29, 1.82) is 0 Å². The third-order valence-electron chi connectivity index (χ3n) is 3.45. The summed E-state index contributed by atoms with van der Waals surface area (Å²) in [6, 6.07) is 0.294. The van der Waals surface area contributed by atoms with Crippen molar-refractivity contribution in [2.24, 2.45) is 0 Å². The van der Waals surface area contributed by atoms with Crippen LogP contribution in [-0.2, 0) is 5.41 Å². The Morgan fingerprint density at radius 3 is 2.67 bits per heavy atom. The fraction of sp³-hybridized carbons (Fsp3) is 0.769. The van der Waals surface area contributed by atoms with Crippen LogP contribution in [0, 0.1) is 0 Å². The van der Waals surface area contributed by atoms with E-state index in [2.05, 4.69) is 22.1 Å². The number of nitrogens with one attached hydrogen (secondary N) is 1. The summed E-state index contributed by atoms with van der Waals surface area (Å²) in [6.45, 7) is 9.05. The molecule has 1 saturated heterocycles. The number of amides is 1. The fourth-order valence-electron chi connectivity index (χ4n) is 2.22. The number of carbonyl (C=O) groups is 1. The maximum Gasteiger partial charge on any atom is 0.293 e. The Hall–Kier alpha value is -1.39. The van der Waals surface area contributed by atoms with E-state index < -0.39 is 0 Å². The van der Waals surface area contributed by atoms with Crippen molar-refractivity contribution in [1.82, 2.24) is 20.1 Å². The van der Waals surface area contributed by atoms with Crippen molar-refractivity contribution < 1.29 is 4.79 Å². The van der Waals surface area contributed by atoms with E-state index in [-0.39, 0.29) is 11.3 Å². The molecule has 0 aliphatic carbocycles. The van der Waals surface area contributed by atoms with E-state index >= 15 is 0 Å². The predicted octanol–water partition coefficient (Wildman–Crippen LogP) is 2.12. The zero-order valence-electron chi connectivity index (χ0n) is 11.7. The van der Waals surface area contributed by atoms with Gasteiger partial charge in [-0.15, -0.1) is 5.10 Å². The number of piperidine rings is 1. The van der Waals surface area contributed by atoms with Crippen LogP contribution in [0.5, 0.6) is 0 Å². The van der Waals surface area contributed by atoms with E-state index in [0.717, 1.165) is 25.2 Å². The standard InChI is InChI=1S/C13H22N4O/c1-9-7-5-6-8-17(9)11(18)10-14-12(16-15-10)13(2,3)4/h9H,5-8H2,1-4H3,(H,14,15,16). The average Bonchev–Trinajstić information content (AvgIpc) is 2.77. The lowest BCUT2D eigenvalue weighted by Crippen LogP contribution is -2.42. The summed E-state index contributed by atoms with van der Waals surface area (Å²) >= 11 is 0. The van der Waals surface area contributed by atoms with Crippen molar-refractivity contribution >= 4 is 5.91 Å². The van der Waals surface area contributed by atoms with Crippen molar-refractivity contribution in [2.75, 3.05) is 6.54 Å². The van der Waals surface area contributed by atoms with Gasteiger partial charge < -0.3 is 4.90 Å². The van der Waals surface area contributed by atoms with Gasteiger partial charge in [-0.2, -0.15) is 0 Å². The van der Waals surface area contributed by atoms with Crippen LogP contribution in [0.25, 0.3) is 0 Å². The second-order valence-electron chi connectivity index (χ2n) is 6.10. The topological polar surface area (TPSA) is 61.9 Å². The molecule has 5 nitrogen and oxygen atoms in total. The Labute approximate surface area is 108 Å². The highest BCUT2D eigenvalue weighted by atomic mass is 16.2. The second kappa shape index (κ2) is 4.71. The first-order chi connectivity index (χ1) is 8.39. The van der Waals surface area contributed by atoms with Gasteiger partial charge in [0.05, 0.1) is 0 Å². The van der Waals surface area contributed by atoms with Crippen molar-refractivity contribution in [3.05, 3.63) is 11.6 Å². The quantitative estimate of drug-likeness (QED) is 0.830. The lowest BCUT2D eigenvalue weighted by molar-refractivity contribution is 0.0623. The number of aromatic nitrogens is 3. The highest BCUT2D eigenvalue weighted by Gasteiger charge is 2.28. The molecule has 1 aromatic rings. The monoisotopic (exact) mass is 250 g/mol. The van der Waals surface area contributed by atoms with E-state index in [1.807, 2.05) is 25.7 Å². The number of aromatic amines is 1. The molecule has 1 aliphatic heterocycles. The van der Waals surface area contributed by atoms with Crippen molar-refractivity contribution in [2.45, 2.75) is 58.4 Å². The van der Waals surface area contributed by atoms with Gasteiger partial charge in [-0.3, -0.25) is 9.89 Å². The summed E-state index contributed by atoms with van der Waals surface area (Å²) in [7, 11) is 0. The normalized spacial score (nSPS) is 21.1. The van der Waals surface area contributed by atoms with Crippen LogP contribution in [0.3, 0.4) is 0 Å². The van der Waals surface area contributed by atoms with Gasteiger partial charge in [0.1, 0.15) is 5.82 Å². The number of nitrogens with zero attached hydrogens (tertiary/aromatic N) is 3. The number of hydrogen-bond donors (Lipinski definition) is 1. The van der Waals surface area contributed by atoms with Gasteiger partial charge in [-0.25, -0.2) is 4.98 Å². The first-order valence-corrected chi connectivity index (χ1v) is 6.63. The molecule has 1 aliphatic rings. The smallest absolute Gasteiger partial charge is 0.293 e. The molecule has 1 N–H and O–H groups in total. The van der Waals surface area contributed by atoms with Crippen LogP contribution < -0.4 is 0 Å². The number of H-pyrrole nitrogens is 1. The molecule has 100 valence electrons. The van der Waals surface area contributed by atoms with Crippen LogP contribution in [0.15, 0.2) is 0 Å². The van der Waals surface area contributed by atoms with E-state index in [9.17, 15) is 4.79 Å². The van der Waals surface area contributed by atoms with Gasteiger partial charge in [-0.1, -0.05) is 20.8 Å². The molecule has 1 atom stereocenters. The molecule has 2 rings (SSSR count). The molecule has 0 spiro atoms. The largest absolute Gasteiger partial charge is 0.333 e. The van der Waals surface area contributed by atoms with E-state index in [4.69, 9.17) is 0 Å². The van der Waals surface area contributed by atoms with Gasteiger partial charge in [0.2, 0.25) is 5.82 Å². The third-order valence-corrected chi connectivity index (χ3v) is 3.45. The lowest BCUT2D eigenvalue weighted by Gasteiger charge is -2.32. The van der Waals surface area contributed by atoms with Crippen LogP contribution in [-0.4, -0.2) is 38.6 Å². The Morgan fingerprint density at radius 2 is 2.11 bits per heavy atom. The van der Waals surface area contributed by atoms with Gasteiger partial charge >= 0.3 is 0 Å². The minimum Gasteiger partial charge on any atom is -0.333 e. The first-order valence-electron chi connectivity index (χ1n) is 6.63. The van der Waals surface area contributed by atoms with Crippen molar-refractivity contribution in [3.63, 3.8) is 0 Å². The SMILES string of the molecule is CC1CCCCN1C(=O)c1n[nH]c(C(C)(C)C)n1. The van der Waals surface area contributed by atoms with Crippen LogP contribution in [0.4, 0.5) is 0 Å². The molecular weight excluding hydrogens is 228 g/mol. The van der Waals surface area contributed by atoms with Crippen LogP contribution >= 0.6 is 0 Å². The summed E-state index contributed by atoms with van der Waals surface area (Å²) in [5, 5.41) is 6.94. The molecule has 0 bridgehead atoms. The zero-order valence-corrected chi connectivity index (χ0v) is 11.7. The van der Waals surface area contributed by atoms with E-state index in [1.165, 1.54) is 6.42 Å². The summed E-state index contributed by atoms with van der Waals surface area (Å²) in [6.07, 6.45) is 3.35.